The van der Waals surface area contributed by atoms with E-state index in [0.29, 0.717) is 33.9 Å². The number of carbonyl (C=O) groups is 1. The molecule has 1 N–H and O–H groups in total. The summed E-state index contributed by atoms with van der Waals surface area (Å²) in [5.74, 6) is -0.445. The minimum Gasteiger partial charge on any atom is -0.744 e. The van der Waals surface area contributed by atoms with Crippen LogP contribution in [0.3, 0.4) is 0 Å². The molecular weight excluding hydrogens is 627 g/mol. The molecule has 4 rings (SSSR count). The molecule has 1 aromatic heterocycles. The standard InChI is InChI=1S/C25H22N4O8S2.2K/c1-16-22(24(30)28(26-16)18-8-12-20(13-9-18)38(32,33)34)6-4-3-5-7-23-17(2)27-29(25(23)31)19-10-14-21(15-11-19)39(35,36)37;;/h3-15,26H,1-2H3,(H,32,33,34)(H,35,36,37);;/q;2*+1/p-2/b5-3+,6-4-,23-7-;;. The number of nitrogens with zero attached hydrogens (tertiary/aromatic N) is 3. The minimum atomic E-state index is -4.61. The van der Waals surface area contributed by atoms with Gasteiger partial charge in [0.05, 0.1) is 38.0 Å². The topological polar surface area (TPSA) is 185 Å². The number of hydrogen-bond donors (Lipinski definition) is 1. The van der Waals surface area contributed by atoms with Crippen molar-refractivity contribution >= 4 is 43.6 Å². The molecule has 0 atom stereocenters. The van der Waals surface area contributed by atoms with Crippen LogP contribution in [0.4, 0.5) is 5.69 Å². The van der Waals surface area contributed by atoms with Crippen molar-refractivity contribution in [1.29, 1.82) is 0 Å². The van der Waals surface area contributed by atoms with Gasteiger partial charge in [-0.2, -0.15) is 10.1 Å². The van der Waals surface area contributed by atoms with Crippen molar-refractivity contribution in [3.63, 3.8) is 0 Å². The van der Waals surface area contributed by atoms with Crippen LogP contribution in [-0.4, -0.2) is 47.3 Å². The van der Waals surface area contributed by atoms with E-state index in [1.54, 1.807) is 38.2 Å². The number of rotatable bonds is 7. The van der Waals surface area contributed by atoms with E-state index in [1.165, 1.54) is 35.0 Å². The number of aromatic nitrogens is 2. The molecule has 12 nitrogen and oxygen atoms in total. The average molecular weight is 647 g/mol. The summed E-state index contributed by atoms with van der Waals surface area (Å²) in [6.07, 6.45) is 7.88. The number of nitrogens with one attached hydrogen (secondary N) is 1. The zero-order chi connectivity index (χ0) is 28.5. The van der Waals surface area contributed by atoms with E-state index in [4.69, 9.17) is 0 Å². The number of benzene rings is 2. The average Bonchev–Trinajstić information content (AvgIpc) is 3.32. The number of carbonyl (C=O) groups excluding carboxylic acids is 1. The Labute approximate surface area is 321 Å². The maximum absolute atomic E-state index is 12.8. The molecule has 0 bridgehead atoms. The van der Waals surface area contributed by atoms with Gasteiger partial charge in [-0.05, 0) is 74.5 Å². The molecule has 0 unspecified atom stereocenters. The van der Waals surface area contributed by atoms with Crippen molar-refractivity contribution in [2.24, 2.45) is 5.10 Å². The van der Waals surface area contributed by atoms with Crippen LogP contribution in [0.1, 0.15) is 18.2 Å². The van der Waals surface area contributed by atoms with Crippen molar-refractivity contribution < 1.29 is 134 Å². The van der Waals surface area contributed by atoms with Gasteiger partial charge in [-0.3, -0.25) is 14.7 Å². The first-order chi connectivity index (χ1) is 18.3. The predicted molar refractivity (Wildman–Crippen MR) is 140 cm³/mol. The number of anilines is 1. The summed E-state index contributed by atoms with van der Waals surface area (Å²) < 4.78 is 67.9. The molecule has 0 saturated heterocycles. The van der Waals surface area contributed by atoms with Crippen molar-refractivity contribution in [1.82, 2.24) is 9.78 Å². The number of H-pyrrole nitrogens is 1. The summed E-state index contributed by atoms with van der Waals surface area (Å²) >= 11 is 0. The number of aryl methyl sites for hydroxylation is 1. The number of hydrogen-bond acceptors (Lipinski definition) is 9. The Hall–Kier alpha value is -1.10. The summed E-state index contributed by atoms with van der Waals surface area (Å²) in [7, 11) is -9.21. The quantitative estimate of drug-likeness (QED) is 0.117. The molecule has 2 aromatic carbocycles. The zero-order valence-electron chi connectivity index (χ0n) is 22.4. The Kier molecular flexibility index (Phi) is 12.8. The van der Waals surface area contributed by atoms with Gasteiger partial charge in [0.2, 0.25) is 0 Å². The molecule has 0 fully saturated rings. The SMILES string of the molecule is CC1=NN(c2ccc(S(=O)(=O)[O-])cc2)C(=O)\C1=C/C=C/C=C\c1c(C)[nH]n(-c2ccc(S(=O)(=O)[O-])cc2)c1=O.[K+].[K+]. The fourth-order valence-corrected chi connectivity index (χ4v) is 4.65. The minimum absolute atomic E-state index is 0. The van der Waals surface area contributed by atoms with Gasteiger partial charge in [0.25, 0.3) is 11.5 Å². The molecule has 0 aliphatic carbocycles. The Bertz CT molecular complexity index is 1860. The Morgan fingerprint density at radius 1 is 0.780 bits per heavy atom. The fraction of sp³-hybridized carbons (Fsp3) is 0.0800. The van der Waals surface area contributed by atoms with Gasteiger partial charge >= 0.3 is 103 Å². The number of aromatic amines is 1. The molecule has 0 radical (unpaired) electrons. The summed E-state index contributed by atoms with van der Waals surface area (Å²) in [5.41, 5.74) is 1.86. The third kappa shape index (κ3) is 8.51. The van der Waals surface area contributed by atoms with Crippen LogP contribution >= 0.6 is 0 Å². The molecular formula is C25H20K2N4O8S2. The summed E-state index contributed by atoms with van der Waals surface area (Å²) in [4.78, 5) is 24.8. The molecule has 1 aliphatic rings. The van der Waals surface area contributed by atoms with E-state index in [2.05, 4.69) is 10.2 Å². The smallest absolute Gasteiger partial charge is 0.744 e. The molecule has 41 heavy (non-hydrogen) atoms. The maximum atomic E-state index is 12.8. The van der Waals surface area contributed by atoms with E-state index < -0.39 is 41.5 Å². The normalized spacial score (nSPS) is 14.9. The number of hydrazone groups is 1. The van der Waals surface area contributed by atoms with Crippen LogP contribution in [0, 0.1) is 6.92 Å². The van der Waals surface area contributed by atoms with Crippen molar-refractivity contribution in [2.75, 3.05) is 5.01 Å². The Balaban J connectivity index is 0.00000294. The molecule has 1 aliphatic heterocycles. The Morgan fingerprint density at radius 2 is 1.29 bits per heavy atom. The third-order valence-electron chi connectivity index (χ3n) is 5.68. The van der Waals surface area contributed by atoms with Crippen molar-refractivity contribution in [2.45, 2.75) is 23.6 Å². The molecule has 202 valence electrons. The fourth-order valence-electron chi connectivity index (χ4n) is 3.71. The van der Waals surface area contributed by atoms with E-state index in [9.17, 15) is 35.5 Å². The van der Waals surface area contributed by atoms with E-state index in [1.807, 2.05) is 0 Å². The second-order valence-corrected chi connectivity index (χ2v) is 11.1. The first kappa shape index (κ1) is 36.1. The summed E-state index contributed by atoms with van der Waals surface area (Å²) in [6.45, 7) is 3.32. The molecule has 2 heterocycles. The summed E-state index contributed by atoms with van der Waals surface area (Å²) in [5, 5.41) is 8.17. The zero-order valence-corrected chi connectivity index (χ0v) is 30.3. The first-order valence-electron chi connectivity index (χ1n) is 11.2. The molecule has 3 aromatic rings. The Morgan fingerprint density at radius 3 is 1.80 bits per heavy atom. The van der Waals surface area contributed by atoms with Gasteiger partial charge in [-0.1, -0.05) is 18.2 Å². The van der Waals surface area contributed by atoms with E-state index >= 15 is 0 Å². The second kappa shape index (κ2) is 14.6. The van der Waals surface area contributed by atoms with Crippen LogP contribution in [0.25, 0.3) is 11.8 Å². The van der Waals surface area contributed by atoms with Gasteiger partial charge in [-0.15, -0.1) is 0 Å². The van der Waals surface area contributed by atoms with Crippen LogP contribution in [0.2, 0.25) is 0 Å². The van der Waals surface area contributed by atoms with Crippen LogP contribution in [0.15, 0.2) is 98.1 Å². The predicted octanol–water partition coefficient (Wildman–Crippen LogP) is -3.79. The van der Waals surface area contributed by atoms with E-state index in [-0.39, 0.29) is 103 Å². The summed E-state index contributed by atoms with van der Waals surface area (Å²) in [6, 6.07) is 9.75. The largest absolute Gasteiger partial charge is 1.00 e. The maximum Gasteiger partial charge on any atom is 1.00 e. The molecule has 16 heteroatoms. The van der Waals surface area contributed by atoms with Crippen molar-refractivity contribution in [3.8, 4) is 5.69 Å². The third-order valence-corrected chi connectivity index (χ3v) is 7.38. The van der Waals surface area contributed by atoms with Crippen LogP contribution < -0.4 is 113 Å². The van der Waals surface area contributed by atoms with Crippen LogP contribution in [0.5, 0.6) is 0 Å². The van der Waals surface area contributed by atoms with Crippen LogP contribution in [-0.2, 0) is 25.0 Å². The number of amides is 1. The van der Waals surface area contributed by atoms with E-state index in [0.717, 1.165) is 29.3 Å². The van der Waals surface area contributed by atoms with Gasteiger partial charge < -0.3 is 9.11 Å². The first-order valence-corrected chi connectivity index (χ1v) is 14.0. The van der Waals surface area contributed by atoms with Gasteiger partial charge in [0, 0.05) is 5.69 Å². The molecule has 0 spiro atoms. The second-order valence-electron chi connectivity index (χ2n) is 8.31. The molecule has 0 saturated carbocycles. The monoisotopic (exact) mass is 646 g/mol. The van der Waals surface area contributed by atoms with Gasteiger partial charge in [0.1, 0.15) is 20.2 Å². The van der Waals surface area contributed by atoms with Crippen molar-refractivity contribution in [3.05, 3.63) is 100 Å². The van der Waals surface area contributed by atoms with Gasteiger partial charge in [0.15, 0.2) is 0 Å². The number of allylic oxidation sites excluding steroid dienone is 4. The van der Waals surface area contributed by atoms with Gasteiger partial charge in [-0.25, -0.2) is 21.5 Å². The molecule has 1 amide bonds.